The molecule has 1 aliphatic rings. The third-order valence-corrected chi connectivity index (χ3v) is 5.05. The molecule has 0 aromatic carbocycles. The van der Waals surface area contributed by atoms with Gasteiger partial charge in [-0.15, -0.1) is 11.3 Å². The normalized spacial score (nSPS) is 28.6. The summed E-state index contributed by atoms with van der Waals surface area (Å²) in [7, 11) is 4.07. The third kappa shape index (κ3) is 2.64. The second-order valence-electron chi connectivity index (χ2n) is 5.63. The maximum Gasteiger partial charge on any atom is 0.159 e. The van der Waals surface area contributed by atoms with E-state index in [1.54, 1.807) is 17.5 Å². The quantitative estimate of drug-likeness (QED) is 0.840. The Bertz CT molecular complexity index is 392. The molecule has 0 bridgehead atoms. The van der Waals surface area contributed by atoms with E-state index in [0.717, 1.165) is 36.6 Å². The van der Waals surface area contributed by atoms with E-state index >= 15 is 0 Å². The summed E-state index contributed by atoms with van der Waals surface area (Å²) in [5.41, 5.74) is -0.252. The van der Waals surface area contributed by atoms with Crippen LogP contribution < -0.4 is 0 Å². The van der Waals surface area contributed by atoms with E-state index in [2.05, 4.69) is 16.8 Å². The zero-order valence-corrected chi connectivity index (χ0v) is 12.3. The highest BCUT2D eigenvalue weighted by atomic mass is 32.1. The van der Waals surface area contributed by atoms with Gasteiger partial charge in [-0.25, -0.2) is 4.98 Å². The first kappa shape index (κ1) is 13.7. The van der Waals surface area contributed by atoms with Gasteiger partial charge in [0.15, 0.2) is 5.78 Å². The fourth-order valence-electron chi connectivity index (χ4n) is 2.86. The molecule has 0 aliphatic heterocycles. The van der Waals surface area contributed by atoms with Crippen molar-refractivity contribution in [1.29, 1.82) is 0 Å². The Balaban J connectivity index is 2.12. The van der Waals surface area contributed by atoms with Crippen LogP contribution in [0.4, 0.5) is 0 Å². The minimum atomic E-state index is -0.252. The number of hydrogen-bond acceptors (Lipinski definition) is 4. The molecule has 0 amide bonds. The van der Waals surface area contributed by atoms with Crippen LogP contribution in [0.25, 0.3) is 0 Å². The highest BCUT2D eigenvalue weighted by Gasteiger charge is 2.42. The second kappa shape index (κ2) is 5.49. The Morgan fingerprint density at radius 3 is 2.67 bits per heavy atom. The summed E-state index contributed by atoms with van der Waals surface area (Å²) in [6, 6.07) is 0. The van der Waals surface area contributed by atoms with Crippen LogP contribution in [0.2, 0.25) is 0 Å². The van der Waals surface area contributed by atoms with Crippen LogP contribution >= 0.6 is 11.3 Å². The van der Waals surface area contributed by atoms with E-state index in [0.29, 0.717) is 12.2 Å². The lowest BCUT2D eigenvalue weighted by molar-refractivity contribution is -0.131. The molecule has 1 heterocycles. The summed E-state index contributed by atoms with van der Waals surface area (Å²) in [5, 5.41) is 2.88. The minimum absolute atomic E-state index is 0.252. The number of likely N-dealkylation sites (N-methyl/N-ethyl adjacent to an activating group) is 1. The van der Waals surface area contributed by atoms with Crippen molar-refractivity contribution in [2.45, 2.75) is 44.6 Å². The van der Waals surface area contributed by atoms with E-state index in [9.17, 15) is 4.79 Å². The average molecular weight is 266 g/mol. The molecule has 0 unspecified atom stereocenters. The van der Waals surface area contributed by atoms with Crippen molar-refractivity contribution in [2.75, 3.05) is 14.1 Å². The molecule has 18 heavy (non-hydrogen) atoms. The second-order valence-corrected chi connectivity index (χ2v) is 6.61. The van der Waals surface area contributed by atoms with E-state index in [4.69, 9.17) is 0 Å². The molecule has 4 heteroatoms. The Morgan fingerprint density at radius 1 is 1.50 bits per heavy atom. The molecule has 3 nitrogen and oxygen atoms in total. The monoisotopic (exact) mass is 266 g/mol. The Labute approximate surface area is 113 Å². The number of rotatable bonds is 4. The summed E-state index contributed by atoms with van der Waals surface area (Å²) in [5.74, 6) is 1.10. The van der Waals surface area contributed by atoms with Gasteiger partial charge in [-0.3, -0.25) is 9.69 Å². The molecule has 1 saturated carbocycles. The molecule has 1 aliphatic carbocycles. The van der Waals surface area contributed by atoms with Gasteiger partial charge in [0, 0.05) is 11.6 Å². The Kier molecular flexibility index (Phi) is 4.17. The molecule has 1 fully saturated rings. The van der Waals surface area contributed by atoms with Crippen molar-refractivity contribution >= 4 is 17.1 Å². The fraction of sp³-hybridized carbons (Fsp3) is 0.714. The molecular weight excluding hydrogens is 244 g/mol. The van der Waals surface area contributed by atoms with Gasteiger partial charge in [0.2, 0.25) is 0 Å². The number of Topliss-reactive ketones (excluding diaryl/α,β-unsaturated/α-hetero) is 1. The molecule has 0 N–H and O–H groups in total. The summed E-state index contributed by atoms with van der Waals surface area (Å²) in [6.45, 7) is 2.28. The van der Waals surface area contributed by atoms with Gasteiger partial charge in [0.25, 0.3) is 0 Å². The summed E-state index contributed by atoms with van der Waals surface area (Å²) in [6.07, 6.45) is 6.56. The maximum atomic E-state index is 12.7. The van der Waals surface area contributed by atoms with E-state index in [1.165, 1.54) is 0 Å². The van der Waals surface area contributed by atoms with Gasteiger partial charge < -0.3 is 0 Å². The first-order valence-corrected chi connectivity index (χ1v) is 7.51. The van der Waals surface area contributed by atoms with Crippen molar-refractivity contribution < 1.29 is 4.79 Å². The number of carbonyl (C=O) groups excluding carboxylic acids is 1. The van der Waals surface area contributed by atoms with Gasteiger partial charge in [-0.2, -0.15) is 0 Å². The first-order valence-electron chi connectivity index (χ1n) is 6.64. The lowest BCUT2D eigenvalue weighted by Crippen LogP contribution is -2.53. The van der Waals surface area contributed by atoms with Crippen LogP contribution in [0.15, 0.2) is 11.6 Å². The molecule has 1 aromatic rings. The lowest BCUT2D eigenvalue weighted by Gasteiger charge is -2.43. The number of ketones is 1. The predicted molar refractivity (Wildman–Crippen MR) is 74.9 cm³/mol. The van der Waals surface area contributed by atoms with E-state index < -0.39 is 0 Å². The third-order valence-electron chi connectivity index (χ3n) is 4.27. The minimum Gasteiger partial charge on any atom is -0.297 e. The zero-order chi connectivity index (χ0) is 13.2. The predicted octanol–water partition coefficient (Wildman–Crippen LogP) is 2.77. The zero-order valence-electron chi connectivity index (χ0n) is 11.5. The van der Waals surface area contributed by atoms with Crippen LogP contribution in [-0.2, 0) is 11.2 Å². The van der Waals surface area contributed by atoms with Crippen molar-refractivity contribution in [3.8, 4) is 0 Å². The molecule has 0 saturated heterocycles. The average Bonchev–Trinajstić information content (AvgIpc) is 2.82. The highest BCUT2D eigenvalue weighted by Crippen LogP contribution is 2.36. The van der Waals surface area contributed by atoms with Crippen LogP contribution in [0, 0.1) is 5.92 Å². The van der Waals surface area contributed by atoms with Crippen molar-refractivity contribution in [3.05, 3.63) is 16.6 Å². The van der Waals surface area contributed by atoms with Gasteiger partial charge in [-0.1, -0.05) is 6.92 Å². The van der Waals surface area contributed by atoms with E-state index in [-0.39, 0.29) is 5.54 Å². The number of carbonyl (C=O) groups is 1. The van der Waals surface area contributed by atoms with Crippen LogP contribution in [0.1, 0.15) is 37.6 Å². The fourth-order valence-corrected chi connectivity index (χ4v) is 3.47. The number of aromatic nitrogens is 1. The summed E-state index contributed by atoms with van der Waals surface area (Å²) >= 11 is 1.58. The molecule has 2 rings (SSSR count). The smallest absolute Gasteiger partial charge is 0.159 e. The number of thiazole rings is 1. The molecule has 0 radical (unpaired) electrons. The molecule has 100 valence electrons. The standard InChI is InChI=1S/C14H22N2OS/c1-11-4-6-14(7-5-11,16(2)3)12(17)10-13-15-8-9-18-13/h8-9,11H,4-7,10H2,1-3H3. The Morgan fingerprint density at radius 2 is 2.17 bits per heavy atom. The van der Waals surface area contributed by atoms with Crippen molar-refractivity contribution in [2.24, 2.45) is 5.92 Å². The SMILES string of the molecule is CC1CCC(C(=O)Cc2nccs2)(N(C)C)CC1. The van der Waals surface area contributed by atoms with E-state index in [1.807, 2.05) is 19.5 Å². The highest BCUT2D eigenvalue weighted by molar-refractivity contribution is 7.09. The van der Waals surface area contributed by atoms with Crippen LogP contribution in [0.3, 0.4) is 0 Å². The van der Waals surface area contributed by atoms with Crippen LogP contribution in [-0.4, -0.2) is 35.3 Å². The molecule has 0 atom stereocenters. The molecule has 1 aromatic heterocycles. The first-order chi connectivity index (χ1) is 8.54. The number of hydrogen-bond donors (Lipinski definition) is 0. The van der Waals surface area contributed by atoms with Crippen molar-refractivity contribution in [1.82, 2.24) is 9.88 Å². The lowest BCUT2D eigenvalue weighted by atomic mass is 9.73. The topological polar surface area (TPSA) is 33.2 Å². The van der Waals surface area contributed by atoms with Gasteiger partial charge >= 0.3 is 0 Å². The molecular formula is C14H22N2OS. The van der Waals surface area contributed by atoms with Crippen molar-refractivity contribution in [3.63, 3.8) is 0 Å². The van der Waals surface area contributed by atoms with Gasteiger partial charge in [-0.05, 0) is 45.7 Å². The van der Waals surface area contributed by atoms with Crippen LogP contribution in [0.5, 0.6) is 0 Å². The summed E-state index contributed by atoms with van der Waals surface area (Å²) < 4.78 is 0. The van der Waals surface area contributed by atoms with Gasteiger partial charge in [0.1, 0.15) is 0 Å². The molecule has 0 spiro atoms. The van der Waals surface area contributed by atoms with Gasteiger partial charge in [0.05, 0.1) is 17.0 Å². The largest absolute Gasteiger partial charge is 0.297 e. The summed E-state index contributed by atoms with van der Waals surface area (Å²) in [4.78, 5) is 19.0. The number of nitrogens with zero attached hydrogens (tertiary/aromatic N) is 2. The maximum absolute atomic E-state index is 12.7. The Hall–Kier alpha value is -0.740.